The highest BCUT2D eigenvalue weighted by Crippen LogP contribution is 2.25. The largest absolute Gasteiger partial charge is 0.361 e. The Morgan fingerprint density at radius 3 is 2.71 bits per heavy atom. The summed E-state index contributed by atoms with van der Waals surface area (Å²) < 4.78 is 10.6. The fourth-order valence-electron chi connectivity index (χ4n) is 4.27. The molecule has 5 rings (SSSR count). The van der Waals surface area contributed by atoms with Crippen LogP contribution in [0.5, 0.6) is 0 Å². The molecule has 2 aromatic heterocycles. The molecule has 0 aliphatic carbocycles. The number of nitrogens with zero attached hydrogens (tertiary/aromatic N) is 5. The quantitative estimate of drug-likeness (QED) is 0.436. The van der Waals surface area contributed by atoms with Crippen molar-refractivity contribution in [2.75, 3.05) is 26.2 Å². The summed E-state index contributed by atoms with van der Waals surface area (Å²) in [6, 6.07) is 14.0. The first-order valence-electron chi connectivity index (χ1n) is 11.4. The summed E-state index contributed by atoms with van der Waals surface area (Å²) >= 11 is 0. The number of hydrogen-bond donors (Lipinski definition) is 0. The van der Waals surface area contributed by atoms with Crippen molar-refractivity contribution in [3.05, 3.63) is 65.3 Å². The minimum Gasteiger partial charge on any atom is -0.361 e. The van der Waals surface area contributed by atoms with Gasteiger partial charge in [0.05, 0.1) is 12.2 Å². The highest BCUT2D eigenvalue weighted by atomic mass is 16.5. The van der Waals surface area contributed by atoms with E-state index in [0.717, 1.165) is 47.1 Å². The van der Waals surface area contributed by atoms with Crippen LogP contribution in [0.25, 0.3) is 22.2 Å². The zero-order valence-electron chi connectivity index (χ0n) is 19.2. The van der Waals surface area contributed by atoms with Gasteiger partial charge in [0.15, 0.2) is 5.82 Å². The van der Waals surface area contributed by atoms with Crippen LogP contribution in [0.4, 0.5) is 0 Å². The second-order valence-corrected chi connectivity index (χ2v) is 8.41. The molecule has 0 unspecified atom stereocenters. The molecular weight excluding hydrogens is 430 g/mol. The molecule has 2 aromatic carbocycles. The van der Waals surface area contributed by atoms with Crippen LogP contribution in [-0.2, 0) is 11.3 Å². The molecule has 1 aliphatic heterocycles. The van der Waals surface area contributed by atoms with E-state index >= 15 is 0 Å². The van der Waals surface area contributed by atoms with Crippen molar-refractivity contribution in [1.29, 1.82) is 0 Å². The Bertz CT molecular complexity index is 1370. The maximum Gasteiger partial charge on any atom is 0.298 e. The van der Waals surface area contributed by atoms with Gasteiger partial charge in [-0.1, -0.05) is 52.6 Å². The van der Waals surface area contributed by atoms with Gasteiger partial charge in [-0.2, -0.15) is 4.98 Å². The zero-order valence-corrected chi connectivity index (χ0v) is 19.2. The molecule has 0 spiro atoms. The van der Waals surface area contributed by atoms with E-state index in [4.69, 9.17) is 9.05 Å². The number of carbonyl (C=O) groups excluding carboxylic acids is 1. The smallest absolute Gasteiger partial charge is 0.298 e. The first-order chi connectivity index (χ1) is 16.6. The van der Waals surface area contributed by atoms with E-state index in [1.165, 1.54) is 0 Å². The predicted molar refractivity (Wildman–Crippen MR) is 127 cm³/mol. The predicted octanol–water partition coefficient (Wildman–Crippen LogP) is 3.58. The van der Waals surface area contributed by atoms with Crippen LogP contribution in [0.2, 0.25) is 0 Å². The lowest BCUT2D eigenvalue weighted by Gasteiger charge is -2.19. The Hall–Kier alpha value is -3.96. The Morgan fingerprint density at radius 1 is 1.00 bits per heavy atom. The van der Waals surface area contributed by atoms with Gasteiger partial charge in [-0.15, -0.1) is 0 Å². The minimum atomic E-state index is -0.143. The summed E-state index contributed by atoms with van der Waals surface area (Å²) in [5.41, 5.74) is 2.34. The number of amides is 1. The lowest BCUT2D eigenvalue weighted by molar-refractivity contribution is -0.125. The fraction of sp³-hybridized carbons (Fsp3) is 0.308. The molecule has 0 N–H and O–H groups in total. The first-order valence-corrected chi connectivity index (χ1v) is 11.4. The molecule has 0 saturated carbocycles. The lowest BCUT2D eigenvalue weighted by Crippen LogP contribution is -2.34. The van der Waals surface area contributed by atoms with Crippen molar-refractivity contribution in [3.63, 3.8) is 0 Å². The number of aryl methyl sites for hydroxylation is 2. The monoisotopic (exact) mass is 455 g/mol. The van der Waals surface area contributed by atoms with Crippen molar-refractivity contribution >= 4 is 16.7 Å². The third-order valence-electron chi connectivity index (χ3n) is 6.05. The maximum atomic E-state index is 12.8. The van der Waals surface area contributed by atoms with E-state index in [1.54, 1.807) is 0 Å². The normalized spacial score (nSPS) is 14.6. The van der Waals surface area contributed by atoms with E-state index < -0.39 is 0 Å². The van der Waals surface area contributed by atoms with Crippen molar-refractivity contribution in [3.8, 4) is 23.3 Å². The highest BCUT2D eigenvalue weighted by molar-refractivity contribution is 5.96. The van der Waals surface area contributed by atoms with Gasteiger partial charge in [0.2, 0.25) is 0 Å². The number of rotatable bonds is 3. The Balaban J connectivity index is 1.22. The van der Waals surface area contributed by atoms with Crippen molar-refractivity contribution in [2.45, 2.75) is 26.8 Å². The fourth-order valence-corrected chi connectivity index (χ4v) is 4.27. The van der Waals surface area contributed by atoms with E-state index in [0.29, 0.717) is 37.1 Å². The Labute approximate surface area is 197 Å². The van der Waals surface area contributed by atoms with Crippen molar-refractivity contribution < 1.29 is 13.8 Å². The molecule has 0 atom stereocenters. The molecule has 8 nitrogen and oxygen atoms in total. The molecule has 0 bridgehead atoms. The molecule has 1 aliphatic rings. The molecule has 8 heteroatoms. The van der Waals surface area contributed by atoms with Gasteiger partial charge in [0.25, 0.3) is 11.8 Å². The molecule has 1 amide bonds. The van der Waals surface area contributed by atoms with Crippen LogP contribution in [0.3, 0.4) is 0 Å². The van der Waals surface area contributed by atoms with Crippen molar-refractivity contribution in [2.24, 2.45) is 0 Å². The van der Waals surface area contributed by atoms with Gasteiger partial charge in [0, 0.05) is 37.7 Å². The van der Waals surface area contributed by atoms with Crippen LogP contribution in [-0.4, -0.2) is 57.2 Å². The molecule has 172 valence electrons. The zero-order chi connectivity index (χ0) is 23.5. The average Bonchev–Trinajstić information content (AvgIpc) is 3.35. The summed E-state index contributed by atoms with van der Waals surface area (Å²) in [4.78, 5) is 21.4. The summed E-state index contributed by atoms with van der Waals surface area (Å²) in [6.07, 6.45) is 0.857. The first kappa shape index (κ1) is 21.9. The van der Waals surface area contributed by atoms with Gasteiger partial charge < -0.3 is 13.9 Å². The van der Waals surface area contributed by atoms with Gasteiger partial charge in [-0.25, -0.2) is 0 Å². The molecule has 1 fully saturated rings. The molecule has 34 heavy (non-hydrogen) atoms. The van der Waals surface area contributed by atoms with Crippen LogP contribution >= 0.6 is 0 Å². The Kier molecular flexibility index (Phi) is 6.11. The van der Waals surface area contributed by atoms with Gasteiger partial charge in [0.1, 0.15) is 11.3 Å². The lowest BCUT2D eigenvalue weighted by atomic mass is 10.1. The van der Waals surface area contributed by atoms with Crippen LogP contribution in [0, 0.1) is 25.7 Å². The standard InChI is InChI=1S/C26H25N5O3/c1-18-25(19(2)33-28-18)26-27-23(29-34-26)17-30-13-6-14-31(16-15-30)24(32)12-11-21-9-5-8-20-7-3-4-10-22(20)21/h3-5,7-10H,6,13-17H2,1-2H3. The van der Waals surface area contributed by atoms with E-state index in [9.17, 15) is 4.79 Å². The highest BCUT2D eigenvalue weighted by Gasteiger charge is 2.22. The summed E-state index contributed by atoms with van der Waals surface area (Å²) in [6.45, 7) is 7.07. The molecule has 0 radical (unpaired) electrons. The van der Waals surface area contributed by atoms with Crippen molar-refractivity contribution in [1.82, 2.24) is 25.1 Å². The number of carbonyl (C=O) groups is 1. The third kappa shape index (κ3) is 4.56. The average molecular weight is 456 g/mol. The molecule has 3 heterocycles. The minimum absolute atomic E-state index is 0.143. The Morgan fingerprint density at radius 2 is 1.85 bits per heavy atom. The summed E-state index contributed by atoms with van der Waals surface area (Å²) in [5, 5.41) is 10.2. The van der Waals surface area contributed by atoms with Gasteiger partial charge in [-0.3, -0.25) is 9.69 Å². The summed E-state index contributed by atoms with van der Waals surface area (Å²) in [7, 11) is 0. The number of aromatic nitrogens is 3. The summed E-state index contributed by atoms with van der Waals surface area (Å²) in [5.74, 6) is 7.46. The number of benzene rings is 2. The third-order valence-corrected chi connectivity index (χ3v) is 6.05. The van der Waals surface area contributed by atoms with Crippen LogP contribution in [0.15, 0.2) is 51.5 Å². The van der Waals surface area contributed by atoms with E-state index in [-0.39, 0.29) is 5.91 Å². The second-order valence-electron chi connectivity index (χ2n) is 8.41. The maximum absolute atomic E-state index is 12.8. The number of fused-ring (bicyclic) bond motifs is 1. The van der Waals surface area contributed by atoms with Gasteiger partial charge >= 0.3 is 0 Å². The van der Waals surface area contributed by atoms with Gasteiger partial charge in [-0.05, 0) is 37.1 Å². The molecule has 4 aromatic rings. The van der Waals surface area contributed by atoms with E-state index in [1.807, 2.05) is 61.2 Å². The second kappa shape index (κ2) is 9.49. The molecule has 1 saturated heterocycles. The van der Waals surface area contributed by atoms with Crippen LogP contribution in [0.1, 0.15) is 29.3 Å². The number of hydrogen-bond acceptors (Lipinski definition) is 7. The van der Waals surface area contributed by atoms with Crippen LogP contribution < -0.4 is 0 Å². The van der Waals surface area contributed by atoms with E-state index in [2.05, 4.69) is 32.0 Å². The molecular formula is C26H25N5O3. The topological polar surface area (TPSA) is 88.5 Å². The SMILES string of the molecule is Cc1noc(C)c1-c1nc(CN2CCCN(C(=O)C#Cc3cccc4ccccc34)CC2)no1.